The average Bonchev–Trinajstić information content (AvgIpc) is 3.41. The number of hydrogen-bond acceptors (Lipinski definition) is 12. The molecule has 2 aromatic rings. The van der Waals surface area contributed by atoms with Crippen molar-refractivity contribution >= 4 is 61.1 Å². The van der Waals surface area contributed by atoms with E-state index in [-0.39, 0.29) is 11.6 Å². The summed E-state index contributed by atoms with van der Waals surface area (Å²) in [6, 6.07) is 0. The van der Waals surface area contributed by atoms with Crippen molar-refractivity contribution in [2.75, 3.05) is 29.4 Å². The second-order valence-electron chi connectivity index (χ2n) is 8.61. The van der Waals surface area contributed by atoms with Gasteiger partial charge in [-0.25, -0.2) is 24.1 Å². The van der Waals surface area contributed by atoms with Crippen LogP contribution in [0.5, 0.6) is 0 Å². The van der Waals surface area contributed by atoms with Crippen molar-refractivity contribution in [2.45, 2.75) is 56.6 Å². The van der Waals surface area contributed by atoms with Crippen molar-refractivity contribution < 1.29 is 52.4 Å². The van der Waals surface area contributed by atoms with Crippen molar-refractivity contribution in [3.05, 3.63) is 12.7 Å². The zero-order chi connectivity index (χ0) is 28.6. The van der Waals surface area contributed by atoms with Crippen molar-refractivity contribution in [1.82, 2.24) is 24.8 Å². The normalized spacial score (nSPS) is 23.1. The molecule has 1 saturated heterocycles. The summed E-state index contributed by atoms with van der Waals surface area (Å²) >= 11 is 2.02. The number of aromatic nitrogens is 4. The minimum atomic E-state index is -5.32. The molecule has 0 radical (unpaired) electrons. The molecule has 17 nitrogen and oxygen atoms in total. The third-order valence-electron chi connectivity index (χ3n) is 5.67. The Morgan fingerprint density at radius 3 is 2.44 bits per heavy atom. The summed E-state index contributed by atoms with van der Waals surface area (Å²) in [5.74, 6) is 0.505. The number of halogens is 1. The minimum Gasteiger partial charge on any atom is -0.387 e. The van der Waals surface area contributed by atoms with Crippen LogP contribution in [0.1, 0.15) is 38.3 Å². The Morgan fingerprint density at radius 1 is 1.05 bits per heavy atom. The maximum Gasteiger partial charge on any atom is 0.481 e. The number of unbranched alkanes of at least 4 members (excludes halogenated alkanes) is 4. The first-order valence-corrected chi connectivity index (χ1v) is 16.5. The Bertz CT molecular complexity index is 1200. The number of rotatable bonds is 16. The first kappa shape index (κ1) is 32.2. The lowest BCUT2D eigenvalue weighted by molar-refractivity contribution is -0.118. The highest BCUT2D eigenvalue weighted by Gasteiger charge is 2.46. The number of carbonyl (C=O) groups excluding carboxylic acids is 1. The van der Waals surface area contributed by atoms with E-state index in [0.717, 1.165) is 32.1 Å². The lowest BCUT2D eigenvalue weighted by atomic mass is 10.1. The van der Waals surface area contributed by atoms with Gasteiger partial charge in [-0.1, -0.05) is 41.9 Å². The summed E-state index contributed by atoms with van der Waals surface area (Å²) in [5.41, 5.74) is 0.680. The zero-order valence-corrected chi connectivity index (χ0v) is 24.5. The number of nitrogens with zero attached hydrogens (tertiary/aromatic N) is 4. The van der Waals surface area contributed by atoms with Gasteiger partial charge in [0.05, 0.1) is 17.4 Å². The Labute approximate surface area is 236 Å². The van der Waals surface area contributed by atoms with E-state index in [0.29, 0.717) is 28.9 Å². The van der Waals surface area contributed by atoms with Gasteiger partial charge in [-0.3, -0.25) is 13.9 Å². The predicted octanol–water partition coefficient (Wildman–Crippen LogP) is 0.585. The molecule has 39 heavy (non-hydrogen) atoms. The van der Waals surface area contributed by atoms with Gasteiger partial charge in [-0.05, 0) is 12.8 Å². The number of carbonyl (C=O) groups is 1. The molecule has 0 bridgehead atoms. The quantitative estimate of drug-likeness (QED) is 0.0546. The van der Waals surface area contributed by atoms with Gasteiger partial charge in [0, 0.05) is 13.1 Å². The second-order valence-corrected chi connectivity index (χ2v) is 12.2. The third-order valence-corrected chi connectivity index (χ3v) is 8.52. The number of hydrogen-bond donors (Lipinski definition) is 7. The monoisotopic (exact) mass is 708 g/mol. The van der Waals surface area contributed by atoms with Crippen LogP contribution in [0.25, 0.3) is 11.2 Å². The summed E-state index contributed by atoms with van der Waals surface area (Å²) in [7, 11) is -10.5. The van der Waals surface area contributed by atoms with Crippen LogP contribution in [0, 0.1) is 0 Å². The van der Waals surface area contributed by atoms with Crippen molar-refractivity contribution in [2.24, 2.45) is 0 Å². The number of phosphoric acid groups is 2. The van der Waals surface area contributed by atoms with Crippen LogP contribution in [-0.4, -0.2) is 92.8 Å². The molecule has 1 unspecified atom stereocenters. The molecule has 1 amide bonds. The number of imidazole rings is 1. The number of anilines is 1. The standard InChI is InChI=1S/C19H31IN6O11P2/c20-8-13(27)21-6-4-2-1-3-5-7-22-17-14-18(24-10-23-17)26(11-25-14)19-16(29)15(28)12(36-19)9-35-39(33,34)37-38(30,31)32/h10-12,15-16,19,28-29H,1-9H2,(H,21,27)(H,33,34)(H,22,23,24)(H2,30,31,32)/t12-,15-,16-,19-/m1/s1. The van der Waals surface area contributed by atoms with E-state index in [9.17, 15) is 29.0 Å². The number of aliphatic hydroxyl groups excluding tert-OH is 2. The van der Waals surface area contributed by atoms with Gasteiger partial charge >= 0.3 is 15.6 Å². The fourth-order valence-electron chi connectivity index (χ4n) is 3.85. The molecule has 0 saturated carbocycles. The van der Waals surface area contributed by atoms with Crippen LogP contribution < -0.4 is 10.6 Å². The number of nitrogens with one attached hydrogen (secondary N) is 2. The molecule has 1 fully saturated rings. The molecule has 1 aliphatic rings. The summed E-state index contributed by atoms with van der Waals surface area (Å²) < 4.78 is 38.1. The van der Waals surface area contributed by atoms with E-state index in [1.165, 1.54) is 17.2 Å². The molecule has 2 aromatic heterocycles. The van der Waals surface area contributed by atoms with Crippen LogP contribution in [0.4, 0.5) is 5.82 Å². The molecule has 3 heterocycles. The van der Waals surface area contributed by atoms with Gasteiger partial charge in [0.2, 0.25) is 5.91 Å². The summed E-state index contributed by atoms with van der Waals surface area (Å²) in [5, 5.41) is 26.9. The van der Waals surface area contributed by atoms with Crippen LogP contribution in [0.2, 0.25) is 0 Å². The number of fused-ring (bicyclic) bond motifs is 1. The second kappa shape index (κ2) is 14.5. The topological polar surface area (TPSA) is 248 Å². The van der Waals surface area contributed by atoms with Crippen LogP contribution in [0.3, 0.4) is 0 Å². The molecule has 0 aliphatic carbocycles. The molecule has 0 spiro atoms. The summed E-state index contributed by atoms with van der Waals surface area (Å²) in [4.78, 5) is 50.7. The molecule has 220 valence electrons. The molecule has 5 atom stereocenters. The van der Waals surface area contributed by atoms with Crippen LogP contribution in [-0.2, 0) is 27.5 Å². The van der Waals surface area contributed by atoms with Gasteiger partial charge in [0.15, 0.2) is 23.2 Å². The molecule has 0 aromatic carbocycles. The van der Waals surface area contributed by atoms with E-state index in [1.807, 2.05) is 22.6 Å². The fourth-order valence-corrected chi connectivity index (χ4v) is 5.72. The molecule has 3 rings (SSSR count). The molecular weight excluding hydrogens is 677 g/mol. The Kier molecular flexibility index (Phi) is 12.0. The fraction of sp³-hybridized carbons (Fsp3) is 0.684. The van der Waals surface area contributed by atoms with Gasteiger partial charge in [0.25, 0.3) is 0 Å². The van der Waals surface area contributed by atoms with E-state index in [4.69, 9.17) is 14.5 Å². The molecule has 1 aliphatic heterocycles. The Balaban J connectivity index is 1.52. The number of ether oxygens (including phenoxy) is 1. The van der Waals surface area contributed by atoms with E-state index in [1.54, 1.807) is 0 Å². The highest BCUT2D eigenvalue weighted by Crippen LogP contribution is 2.57. The van der Waals surface area contributed by atoms with Crippen LogP contribution >= 0.6 is 38.2 Å². The van der Waals surface area contributed by atoms with Crippen molar-refractivity contribution in [3.8, 4) is 0 Å². The van der Waals surface area contributed by atoms with Crippen molar-refractivity contribution in [1.29, 1.82) is 0 Å². The first-order valence-electron chi connectivity index (χ1n) is 11.9. The molecule has 20 heteroatoms. The number of alkyl halides is 1. The lowest BCUT2D eigenvalue weighted by Crippen LogP contribution is -2.33. The van der Waals surface area contributed by atoms with E-state index < -0.39 is 46.8 Å². The highest BCUT2D eigenvalue weighted by atomic mass is 127. The Hall–Kier alpha value is -1.31. The van der Waals surface area contributed by atoms with Crippen LogP contribution in [0.15, 0.2) is 12.7 Å². The minimum absolute atomic E-state index is 0.0433. The average molecular weight is 708 g/mol. The summed E-state index contributed by atoms with van der Waals surface area (Å²) in [6.45, 7) is 0.492. The SMILES string of the molecule is O=C(CI)NCCCCCCCNc1ncnc2c1ncn2[C@@H]1O[C@H](COP(=O)(O)OP(=O)(O)O)[C@@H](O)[C@H]1O. The number of aliphatic hydroxyl groups is 2. The zero-order valence-electron chi connectivity index (χ0n) is 20.6. The van der Waals surface area contributed by atoms with E-state index in [2.05, 4.69) is 34.4 Å². The lowest BCUT2D eigenvalue weighted by Gasteiger charge is -2.17. The van der Waals surface area contributed by atoms with E-state index >= 15 is 0 Å². The largest absolute Gasteiger partial charge is 0.481 e. The third kappa shape index (κ3) is 9.64. The molecule has 7 N–H and O–H groups in total. The highest BCUT2D eigenvalue weighted by molar-refractivity contribution is 14.1. The van der Waals surface area contributed by atoms with Gasteiger partial charge < -0.3 is 40.3 Å². The predicted molar refractivity (Wildman–Crippen MR) is 144 cm³/mol. The van der Waals surface area contributed by atoms with Gasteiger partial charge in [-0.15, -0.1) is 0 Å². The number of phosphoric ester groups is 1. The van der Waals surface area contributed by atoms with Gasteiger partial charge in [0.1, 0.15) is 24.6 Å². The maximum atomic E-state index is 11.7. The van der Waals surface area contributed by atoms with Crippen molar-refractivity contribution in [3.63, 3.8) is 0 Å². The maximum absolute atomic E-state index is 11.7. The number of amides is 1. The first-order chi connectivity index (χ1) is 18.4. The smallest absolute Gasteiger partial charge is 0.387 e. The Morgan fingerprint density at radius 2 is 1.74 bits per heavy atom. The molecular formula is C19H31IN6O11P2. The summed E-state index contributed by atoms with van der Waals surface area (Å²) in [6.07, 6.45) is 1.82. The van der Waals surface area contributed by atoms with Gasteiger partial charge in [-0.2, -0.15) is 4.31 Å².